The highest BCUT2D eigenvalue weighted by atomic mass is 16.5. The van der Waals surface area contributed by atoms with Gasteiger partial charge < -0.3 is 9.47 Å². The molecule has 0 atom stereocenters. The van der Waals surface area contributed by atoms with Gasteiger partial charge in [-0.15, -0.1) is 0 Å². The molecule has 0 aromatic heterocycles. The first kappa shape index (κ1) is 15.7. The molecule has 0 amide bonds. The zero-order valence-corrected chi connectivity index (χ0v) is 14.2. The molecular formula is C23H20O2. The summed E-state index contributed by atoms with van der Waals surface area (Å²) in [7, 11) is 1.68. The fraction of sp³-hybridized carbons (Fsp3) is 0.130. The van der Waals surface area contributed by atoms with E-state index in [1.54, 1.807) is 7.11 Å². The number of benzene rings is 4. The molecule has 0 saturated carbocycles. The highest BCUT2D eigenvalue weighted by Gasteiger charge is 2.07. The molecule has 0 unspecified atom stereocenters. The van der Waals surface area contributed by atoms with Crippen LogP contribution in [-0.4, -0.2) is 7.11 Å². The lowest BCUT2D eigenvalue weighted by molar-refractivity contribution is 0.109. The van der Waals surface area contributed by atoms with E-state index in [2.05, 4.69) is 54.6 Å². The van der Waals surface area contributed by atoms with Gasteiger partial charge in [-0.05, 0) is 50.9 Å². The average Bonchev–Trinajstić information content (AvgIpc) is 2.68. The van der Waals surface area contributed by atoms with Crippen LogP contribution in [0.15, 0.2) is 78.9 Å². The van der Waals surface area contributed by atoms with Gasteiger partial charge in [-0.1, -0.05) is 60.7 Å². The van der Waals surface area contributed by atoms with Crippen molar-refractivity contribution in [3.05, 3.63) is 90.0 Å². The predicted octanol–water partition coefficient (Wildman–Crippen LogP) is 5.72. The van der Waals surface area contributed by atoms with Crippen molar-refractivity contribution in [2.24, 2.45) is 0 Å². The molecular weight excluding hydrogens is 308 g/mol. The Morgan fingerprint density at radius 3 is 1.88 bits per heavy atom. The van der Waals surface area contributed by atoms with Crippen molar-refractivity contribution in [1.29, 1.82) is 0 Å². The second-order valence-corrected chi connectivity index (χ2v) is 6.14. The van der Waals surface area contributed by atoms with Gasteiger partial charge in [-0.25, -0.2) is 0 Å². The molecule has 0 spiro atoms. The van der Waals surface area contributed by atoms with E-state index in [1.165, 1.54) is 27.1 Å². The summed E-state index contributed by atoms with van der Waals surface area (Å²) in [6, 6.07) is 27.3. The first-order valence-corrected chi connectivity index (χ1v) is 8.45. The van der Waals surface area contributed by atoms with Gasteiger partial charge in [-0.2, -0.15) is 0 Å². The minimum Gasteiger partial charge on any atom is -0.497 e. The number of rotatable bonds is 5. The van der Waals surface area contributed by atoms with Crippen LogP contribution in [-0.2, 0) is 18.0 Å². The highest BCUT2D eigenvalue weighted by molar-refractivity contribution is 6.02. The summed E-state index contributed by atoms with van der Waals surface area (Å²) < 4.78 is 11.3. The van der Waals surface area contributed by atoms with E-state index >= 15 is 0 Å². The number of hydrogen-bond donors (Lipinski definition) is 0. The highest BCUT2D eigenvalue weighted by Crippen LogP contribution is 2.29. The van der Waals surface area contributed by atoms with Crippen molar-refractivity contribution in [3.8, 4) is 5.75 Å². The second kappa shape index (κ2) is 6.96. The summed E-state index contributed by atoms with van der Waals surface area (Å²) in [5.74, 6) is 0.865. The summed E-state index contributed by atoms with van der Waals surface area (Å²) in [6.07, 6.45) is 0. The summed E-state index contributed by atoms with van der Waals surface area (Å²) in [5.41, 5.74) is 2.40. The van der Waals surface area contributed by atoms with E-state index in [-0.39, 0.29) is 0 Å². The summed E-state index contributed by atoms with van der Waals surface area (Å²) >= 11 is 0. The van der Waals surface area contributed by atoms with Crippen molar-refractivity contribution in [1.82, 2.24) is 0 Å². The minimum absolute atomic E-state index is 0.585. The Kier molecular flexibility index (Phi) is 4.36. The van der Waals surface area contributed by atoms with Gasteiger partial charge in [0.15, 0.2) is 0 Å². The predicted molar refractivity (Wildman–Crippen MR) is 103 cm³/mol. The Bertz CT molecular complexity index is 949. The van der Waals surface area contributed by atoms with E-state index < -0.39 is 0 Å². The number of methoxy groups -OCH3 is 1. The lowest BCUT2D eigenvalue weighted by atomic mass is 9.97. The van der Waals surface area contributed by atoms with Gasteiger partial charge in [0.1, 0.15) is 5.75 Å². The Morgan fingerprint density at radius 1 is 0.680 bits per heavy atom. The van der Waals surface area contributed by atoms with Gasteiger partial charge in [0, 0.05) is 0 Å². The molecule has 25 heavy (non-hydrogen) atoms. The Morgan fingerprint density at radius 2 is 1.28 bits per heavy atom. The summed E-state index contributed by atoms with van der Waals surface area (Å²) in [6.45, 7) is 1.18. The average molecular weight is 328 g/mol. The van der Waals surface area contributed by atoms with Gasteiger partial charge in [0.25, 0.3) is 0 Å². The Balaban J connectivity index is 1.62. The molecule has 4 rings (SSSR count). The molecule has 0 aliphatic carbocycles. The standard InChI is InChI=1S/C23H20O2/c1-24-20-12-10-17(11-13-20)15-25-16-23-21-8-4-2-6-18(21)14-19-7-3-5-9-22(19)23/h2-14H,15-16H2,1H3. The topological polar surface area (TPSA) is 18.5 Å². The molecule has 0 aliphatic heterocycles. The maximum Gasteiger partial charge on any atom is 0.118 e. The van der Waals surface area contributed by atoms with Crippen LogP contribution >= 0.6 is 0 Å². The summed E-state index contributed by atoms with van der Waals surface area (Å²) in [4.78, 5) is 0. The van der Waals surface area contributed by atoms with Crippen LogP contribution < -0.4 is 4.74 Å². The van der Waals surface area contributed by atoms with Gasteiger partial charge in [0.05, 0.1) is 20.3 Å². The van der Waals surface area contributed by atoms with Crippen LogP contribution in [0.4, 0.5) is 0 Å². The first-order valence-electron chi connectivity index (χ1n) is 8.45. The third-order valence-corrected chi connectivity index (χ3v) is 4.56. The van der Waals surface area contributed by atoms with E-state index in [0.29, 0.717) is 13.2 Å². The summed E-state index contributed by atoms with van der Waals surface area (Å²) in [5, 5.41) is 5.03. The van der Waals surface area contributed by atoms with Crippen LogP contribution in [0.1, 0.15) is 11.1 Å². The molecule has 0 heterocycles. The maximum absolute atomic E-state index is 6.05. The molecule has 2 nitrogen and oxygen atoms in total. The van der Waals surface area contributed by atoms with Crippen LogP contribution in [0.25, 0.3) is 21.5 Å². The normalized spacial score (nSPS) is 11.1. The third-order valence-electron chi connectivity index (χ3n) is 4.56. The monoisotopic (exact) mass is 328 g/mol. The van der Waals surface area contributed by atoms with Crippen molar-refractivity contribution in [3.63, 3.8) is 0 Å². The van der Waals surface area contributed by atoms with Crippen molar-refractivity contribution < 1.29 is 9.47 Å². The van der Waals surface area contributed by atoms with E-state index in [4.69, 9.17) is 9.47 Å². The lowest BCUT2D eigenvalue weighted by Gasteiger charge is -2.12. The van der Waals surface area contributed by atoms with E-state index in [1.807, 2.05) is 24.3 Å². The van der Waals surface area contributed by atoms with Crippen LogP contribution in [0.2, 0.25) is 0 Å². The number of fused-ring (bicyclic) bond motifs is 2. The van der Waals surface area contributed by atoms with E-state index in [0.717, 1.165) is 11.3 Å². The fourth-order valence-electron chi connectivity index (χ4n) is 3.26. The van der Waals surface area contributed by atoms with Crippen molar-refractivity contribution in [2.75, 3.05) is 7.11 Å². The Labute approximate surface area is 147 Å². The van der Waals surface area contributed by atoms with Crippen LogP contribution in [0.5, 0.6) is 5.75 Å². The van der Waals surface area contributed by atoms with Crippen molar-refractivity contribution >= 4 is 21.5 Å². The SMILES string of the molecule is COc1ccc(COCc2c3ccccc3cc3ccccc23)cc1. The number of ether oxygens (including phenoxy) is 2. The van der Waals surface area contributed by atoms with Gasteiger partial charge >= 0.3 is 0 Å². The zero-order chi connectivity index (χ0) is 17.1. The molecule has 0 N–H and O–H groups in total. The molecule has 0 saturated heterocycles. The Hall–Kier alpha value is -2.84. The molecule has 0 bridgehead atoms. The molecule has 2 heteroatoms. The van der Waals surface area contributed by atoms with Crippen LogP contribution in [0, 0.1) is 0 Å². The molecule has 0 aliphatic rings. The second-order valence-electron chi connectivity index (χ2n) is 6.14. The minimum atomic E-state index is 0.585. The van der Waals surface area contributed by atoms with Crippen molar-refractivity contribution in [2.45, 2.75) is 13.2 Å². The van der Waals surface area contributed by atoms with Crippen LogP contribution in [0.3, 0.4) is 0 Å². The fourth-order valence-corrected chi connectivity index (χ4v) is 3.26. The third kappa shape index (κ3) is 3.21. The number of hydrogen-bond acceptors (Lipinski definition) is 2. The zero-order valence-electron chi connectivity index (χ0n) is 14.2. The molecule has 4 aromatic carbocycles. The van der Waals surface area contributed by atoms with Gasteiger partial charge in [0.2, 0.25) is 0 Å². The molecule has 4 aromatic rings. The smallest absolute Gasteiger partial charge is 0.118 e. The first-order chi connectivity index (χ1) is 12.3. The lowest BCUT2D eigenvalue weighted by Crippen LogP contribution is -1.97. The van der Waals surface area contributed by atoms with E-state index in [9.17, 15) is 0 Å². The maximum atomic E-state index is 6.05. The molecule has 124 valence electrons. The molecule has 0 radical (unpaired) electrons. The largest absolute Gasteiger partial charge is 0.497 e. The molecule has 0 fully saturated rings. The quantitative estimate of drug-likeness (QED) is 0.436. The van der Waals surface area contributed by atoms with Gasteiger partial charge in [-0.3, -0.25) is 0 Å².